The Balaban J connectivity index is 1.40. The lowest BCUT2D eigenvalue weighted by Gasteiger charge is -2.25. The van der Waals surface area contributed by atoms with Crippen LogP contribution in [0, 0.1) is 0 Å². The molecule has 0 bridgehead atoms. The van der Waals surface area contributed by atoms with E-state index in [1.54, 1.807) is 49.8 Å². The minimum Gasteiger partial charge on any atom is -0.347 e. The highest BCUT2D eigenvalue weighted by atomic mass is 32.2. The maximum absolute atomic E-state index is 12.9. The van der Waals surface area contributed by atoms with Crippen LogP contribution in [0.2, 0.25) is 0 Å². The number of nitrogens with zero attached hydrogens (tertiary/aromatic N) is 3. The topological polar surface area (TPSA) is 113 Å². The van der Waals surface area contributed by atoms with Crippen molar-refractivity contribution in [1.82, 2.24) is 19.2 Å². The highest BCUT2D eigenvalue weighted by molar-refractivity contribution is 7.89. The smallest absolute Gasteiger partial charge is 0.268 e. The molecule has 0 radical (unpaired) electrons. The average Bonchev–Trinajstić information content (AvgIpc) is 3.26. The highest BCUT2D eigenvalue weighted by Crippen LogP contribution is 2.22. The molecule has 2 N–H and O–H groups in total. The van der Waals surface area contributed by atoms with E-state index >= 15 is 0 Å². The monoisotopic (exact) mass is 481 g/mol. The van der Waals surface area contributed by atoms with Crippen molar-refractivity contribution in [2.24, 2.45) is 7.05 Å². The number of carbonyl (C=O) groups is 2. The molecule has 1 saturated heterocycles. The molecule has 3 aromatic rings. The summed E-state index contributed by atoms with van der Waals surface area (Å²) in [5, 5.41) is 5.65. The van der Waals surface area contributed by atoms with Crippen LogP contribution < -0.4 is 10.6 Å². The Bertz CT molecular complexity index is 1280. The van der Waals surface area contributed by atoms with Crippen molar-refractivity contribution in [2.45, 2.75) is 30.7 Å². The number of rotatable bonds is 7. The summed E-state index contributed by atoms with van der Waals surface area (Å²) in [6.45, 7) is 1.23. The van der Waals surface area contributed by atoms with Crippen molar-refractivity contribution in [2.75, 3.05) is 18.4 Å². The molecule has 178 valence electrons. The summed E-state index contributed by atoms with van der Waals surface area (Å²) in [6, 6.07) is 11.8. The van der Waals surface area contributed by atoms with Crippen LogP contribution in [-0.4, -0.2) is 47.2 Å². The summed E-state index contributed by atoms with van der Waals surface area (Å²) in [5.41, 5.74) is 2.14. The minimum absolute atomic E-state index is 0.128. The number of aromatic nitrogens is 2. The van der Waals surface area contributed by atoms with Gasteiger partial charge in [0.15, 0.2) is 0 Å². The van der Waals surface area contributed by atoms with E-state index in [9.17, 15) is 18.0 Å². The zero-order valence-corrected chi connectivity index (χ0v) is 19.7. The van der Waals surface area contributed by atoms with E-state index in [4.69, 9.17) is 0 Å². The summed E-state index contributed by atoms with van der Waals surface area (Å²) in [7, 11) is -1.96. The molecule has 1 aromatic carbocycles. The molecule has 4 rings (SSSR count). The number of amides is 2. The second-order valence-electron chi connectivity index (χ2n) is 8.21. The second-order valence-corrected chi connectivity index (χ2v) is 10.1. The first-order valence-electron chi connectivity index (χ1n) is 11.1. The fourth-order valence-corrected chi connectivity index (χ4v) is 5.48. The van der Waals surface area contributed by atoms with Gasteiger partial charge in [-0.1, -0.05) is 18.6 Å². The molecular weight excluding hydrogens is 454 g/mol. The van der Waals surface area contributed by atoms with Crippen molar-refractivity contribution >= 4 is 27.5 Å². The van der Waals surface area contributed by atoms with Gasteiger partial charge in [-0.25, -0.2) is 8.42 Å². The Morgan fingerprint density at radius 2 is 1.74 bits per heavy atom. The molecular formula is C24H27N5O4S. The normalized spacial score (nSPS) is 14.5. The second kappa shape index (κ2) is 10.2. The summed E-state index contributed by atoms with van der Waals surface area (Å²) in [4.78, 5) is 29.2. The zero-order chi connectivity index (χ0) is 24.1. The fraction of sp³-hybridized carbons (Fsp3) is 0.292. The van der Waals surface area contributed by atoms with Crippen LogP contribution in [0.15, 0.2) is 66.0 Å². The van der Waals surface area contributed by atoms with Gasteiger partial charge in [0.1, 0.15) is 10.6 Å². The first-order valence-corrected chi connectivity index (χ1v) is 12.5. The molecule has 2 aromatic heterocycles. The van der Waals surface area contributed by atoms with E-state index in [1.807, 2.05) is 6.07 Å². The number of anilines is 1. The van der Waals surface area contributed by atoms with Crippen molar-refractivity contribution in [3.63, 3.8) is 0 Å². The van der Waals surface area contributed by atoms with Gasteiger partial charge >= 0.3 is 0 Å². The average molecular weight is 482 g/mol. The first-order chi connectivity index (χ1) is 16.3. The molecule has 9 nitrogen and oxygen atoms in total. The molecule has 0 atom stereocenters. The molecule has 0 aliphatic carbocycles. The van der Waals surface area contributed by atoms with Crippen molar-refractivity contribution in [3.8, 4) is 0 Å². The first kappa shape index (κ1) is 23.7. The maximum atomic E-state index is 12.9. The number of hydrogen-bond donors (Lipinski definition) is 2. The number of nitrogens with one attached hydrogen (secondary N) is 2. The van der Waals surface area contributed by atoms with E-state index in [-0.39, 0.29) is 28.9 Å². The van der Waals surface area contributed by atoms with Gasteiger partial charge in [0.25, 0.3) is 11.8 Å². The molecule has 2 amide bonds. The number of benzene rings is 1. The Hall–Kier alpha value is -3.50. The van der Waals surface area contributed by atoms with Crippen LogP contribution in [0.1, 0.15) is 45.7 Å². The molecule has 34 heavy (non-hydrogen) atoms. The van der Waals surface area contributed by atoms with E-state index in [1.165, 1.54) is 21.1 Å². The largest absolute Gasteiger partial charge is 0.347 e. The number of carbonyl (C=O) groups excluding carboxylic acids is 2. The third-order valence-corrected chi connectivity index (χ3v) is 7.61. The van der Waals surface area contributed by atoms with Crippen LogP contribution in [0.4, 0.5) is 5.69 Å². The molecule has 0 spiro atoms. The number of sulfonamides is 1. The van der Waals surface area contributed by atoms with E-state index in [0.717, 1.165) is 24.8 Å². The molecule has 1 aliphatic rings. The van der Waals surface area contributed by atoms with Crippen LogP contribution >= 0.6 is 0 Å². The number of aryl methyl sites for hydroxylation is 1. The van der Waals surface area contributed by atoms with E-state index < -0.39 is 10.0 Å². The molecule has 1 aliphatic heterocycles. The van der Waals surface area contributed by atoms with Crippen molar-refractivity contribution in [1.29, 1.82) is 0 Å². The number of pyridine rings is 1. The molecule has 1 fully saturated rings. The van der Waals surface area contributed by atoms with Gasteiger partial charge < -0.3 is 15.2 Å². The highest BCUT2D eigenvalue weighted by Gasteiger charge is 2.28. The molecule has 3 heterocycles. The van der Waals surface area contributed by atoms with E-state index in [0.29, 0.717) is 24.3 Å². The standard InChI is InChI=1S/C24H27N5O4S/c1-28-17-21(34(32,33)29-12-3-2-4-13-29)15-22(28)24(31)26-16-18-6-5-7-20(14-18)27-23(30)19-8-10-25-11-9-19/h5-11,14-15,17H,2-4,12-13,16H2,1H3,(H,26,31)(H,27,30). The lowest BCUT2D eigenvalue weighted by Crippen LogP contribution is -2.35. The predicted molar refractivity (Wildman–Crippen MR) is 128 cm³/mol. The van der Waals surface area contributed by atoms with Gasteiger partial charge in [-0.05, 0) is 48.7 Å². The summed E-state index contributed by atoms with van der Waals surface area (Å²) in [6.07, 6.45) is 7.31. The Kier molecular flexibility index (Phi) is 7.09. The fourth-order valence-electron chi connectivity index (χ4n) is 3.89. The third kappa shape index (κ3) is 5.35. The van der Waals surface area contributed by atoms with Crippen LogP contribution in [-0.2, 0) is 23.6 Å². The van der Waals surface area contributed by atoms with Crippen LogP contribution in [0.25, 0.3) is 0 Å². The molecule has 10 heteroatoms. The van der Waals surface area contributed by atoms with Gasteiger partial charge in [0.05, 0.1) is 0 Å². The Morgan fingerprint density at radius 1 is 1.00 bits per heavy atom. The molecule has 0 saturated carbocycles. The lowest BCUT2D eigenvalue weighted by atomic mass is 10.2. The van der Waals surface area contributed by atoms with E-state index in [2.05, 4.69) is 15.6 Å². The van der Waals surface area contributed by atoms with Gasteiger partial charge in [-0.2, -0.15) is 4.31 Å². The third-order valence-electron chi connectivity index (χ3n) is 5.75. The Morgan fingerprint density at radius 3 is 2.47 bits per heavy atom. The van der Waals surface area contributed by atoms with Gasteiger partial charge in [-0.3, -0.25) is 14.6 Å². The number of hydrogen-bond acceptors (Lipinski definition) is 5. The van der Waals surface area contributed by atoms with Crippen molar-refractivity contribution < 1.29 is 18.0 Å². The zero-order valence-electron chi connectivity index (χ0n) is 18.9. The van der Waals surface area contributed by atoms with Crippen molar-refractivity contribution in [3.05, 3.63) is 77.9 Å². The maximum Gasteiger partial charge on any atom is 0.268 e. The van der Waals surface area contributed by atoms with Gasteiger partial charge in [-0.15, -0.1) is 0 Å². The summed E-state index contributed by atoms with van der Waals surface area (Å²) >= 11 is 0. The van der Waals surface area contributed by atoms with Gasteiger partial charge in [0, 0.05) is 56.5 Å². The summed E-state index contributed by atoms with van der Waals surface area (Å²) < 4.78 is 28.9. The van der Waals surface area contributed by atoms with Crippen LogP contribution in [0.3, 0.4) is 0 Å². The van der Waals surface area contributed by atoms with Crippen LogP contribution in [0.5, 0.6) is 0 Å². The Labute approximate surface area is 198 Å². The summed E-state index contributed by atoms with van der Waals surface area (Å²) in [5.74, 6) is -0.636. The lowest BCUT2D eigenvalue weighted by molar-refractivity contribution is 0.0942. The SMILES string of the molecule is Cn1cc(S(=O)(=O)N2CCCCC2)cc1C(=O)NCc1cccc(NC(=O)c2ccncc2)c1. The molecule has 0 unspecified atom stereocenters. The predicted octanol–water partition coefficient (Wildman–Crippen LogP) is 2.78. The quantitative estimate of drug-likeness (QED) is 0.539. The van der Waals surface area contributed by atoms with Gasteiger partial charge in [0.2, 0.25) is 10.0 Å². The minimum atomic E-state index is -3.62. The number of piperidine rings is 1.